The minimum Gasteiger partial charge on any atom is -0.493 e. The van der Waals surface area contributed by atoms with Gasteiger partial charge in [-0.1, -0.05) is 6.07 Å². The van der Waals surface area contributed by atoms with Gasteiger partial charge in [-0.05, 0) is 42.0 Å². The molecule has 9 nitrogen and oxygen atoms in total. The molecule has 0 radical (unpaired) electrons. The number of carbonyl (C=O) groups is 1. The molecular formula is C17H16N4O5S. The van der Waals surface area contributed by atoms with E-state index in [0.717, 1.165) is 6.07 Å². The first kappa shape index (κ1) is 19.8. The zero-order valence-corrected chi connectivity index (χ0v) is 15.3. The average molecular weight is 388 g/mol. The average Bonchev–Trinajstić information content (AvgIpc) is 2.68. The van der Waals surface area contributed by atoms with Gasteiger partial charge in [-0.15, -0.1) is 0 Å². The molecule has 0 unspecified atom stereocenters. The van der Waals surface area contributed by atoms with Gasteiger partial charge in [0.15, 0.2) is 16.6 Å². The molecule has 0 aliphatic rings. The fraction of sp³-hybridized carbons (Fsp3) is 0.118. The monoisotopic (exact) mass is 388 g/mol. The van der Waals surface area contributed by atoms with E-state index in [9.17, 15) is 14.9 Å². The van der Waals surface area contributed by atoms with Crippen LogP contribution in [0.2, 0.25) is 0 Å². The molecule has 0 aliphatic heterocycles. The number of carbonyl (C=O) groups excluding carboxylic acids is 1. The summed E-state index contributed by atoms with van der Waals surface area (Å²) in [6.45, 7) is 0. The number of ether oxygens (including phenoxy) is 2. The van der Waals surface area contributed by atoms with Gasteiger partial charge < -0.3 is 14.8 Å². The number of hydrogen-bond acceptors (Lipinski definition) is 7. The van der Waals surface area contributed by atoms with Gasteiger partial charge in [0.2, 0.25) is 0 Å². The summed E-state index contributed by atoms with van der Waals surface area (Å²) in [5, 5.41) is 17.8. The SMILES string of the molecule is CNC(=S)N/N=C/c1ccc(OC(=O)c2cccc([N+](=O)[O-])c2)c(OC)c1. The van der Waals surface area contributed by atoms with Crippen LogP contribution < -0.4 is 20.2 Å². The summed E-state index contributed by atoms with van der Waals surface area (Å²) in [5.74, 6) is -0.266. The molecule has 2 N–H and O–H groups in total. The Balaban J connectivity index is 2.16. The molecule has 0 spiro atoms. The second-order valence-electron chi connectivity index (χ2n) is 5.06. The molecule has 2 aromatic carbocycles. The van der Waals surface area contributed by atoms with Gasteiger partial charge in [-0.25, -0.2) is 4.79 Å². The molecule has 0 fully saturated rings. The largest absolute Gasteiger partial charge is 0.493 e. The molecule has 0 atom stereocenters. The van der Waals surface area contributed by atoms with E-state index in [4.69, 9.17) is 21.7 Å². The normalized spacial score (nSPS) is 10.3. The molecule has 0 bridgehead atoms. The van der Waals surface area contributed by atoms with Crippen LogP contribution in [0.15, 0.2) is 47.6 Å². The summed E-state index contributed by atoms with van der Waals surface area (Å²) in [4.78, 5) is 22.5. The lowest BCUT2D eigenvalue weighted by Crippen LogP contribution is -2.28. The minimum atomic E-state index is -0.737. The number of nitrogens with zero attached hydrogens (tertiary/aromatic N) is 2. The van der Waals surface area contributed by atoms with Crippen molar-refractivity contribution in [2.75, 3.05) is 14.2 Å². The molecule has 2 rings (SSSR count). The van der Waals surface area contributed by atoms with Crippen LogP contribution in [0.4, 0.5) is 5.69 Å². The Kier molecular flexibility index (Phi) is 6.78. The Morgan fingerprint density at radius 3 is 2.70 bits per heavy atom. The number of nitrogens with one attached hydrogen (secondary N) is 2. The summed E-state index contributed by atoms with van der Waals surface area (Å²) in [5.41, 5.74) is 3.14. The van der Waals surface area contributed by atoms with Crippen LogP contribution in [-0.4, -0.2) is 36.4 Å². The molecule has 0 amide bonds. The van der Waals surface area contributed by atoms with Gasteiger partial charge in [0.1, 0.15) is 0 Å². The third-order valence-electron chi connectivity index (χ3n) is 3.29. The first-order valence-electron chi connectivity index (χ1n) is 7.60. The summed E-state index contributed by atoms with van der Waals surface area (Å²) >= 11 is 4.90. The highest BCUT2D eigenvalue weighted by Crippen LogP contribution is 2.28. The number of thiocarbonyl (C=S) groups is 1. The fourth-order valence-electron chi connectivity index (χ4n) is 1.98. The number of hydrogen-bond donors (Lipinski definition) is 2. The van der Waals surface area contributed by atoms with E-state index >= 15 is 0 Å². The van der Waals surface area contributed by atoms with E-state index in [-0.39, 0.29) is 17.0 Å². The number of methoxy groups -OCH3 is 1. The lowest BCUT2D eigenvalue weighted by Gasteiger charge is -2.10. The number of nitro benzene ring substituents is 1. The highest BCUT2D eigenvalue weighted by Gasteiger charge is 2.15. The lowest BCUT2D eigenvalue weighted by atomic mass is 10.2. The number of nitro groups is 1. The second-order valence-corrected chi connectivity index (χ2v) is 5.46. The molecule has 0 saturated heterocycles. The maximum Gasteiger partial charge on any atom is 0.343 e. The molecule has 2 aromatic rings. The van der Waals surface area contributed by atoms with Crippen molar-refractivity contribution in [2.24, 2.45) is 5.10 Å². The lowest BCUT2D eigenvalue weighted by molar-refractivity contribution is -0.384. The van der Waals surface area contributed by atoms with Crippen LogP contribution in [-0.2, 0) is 0 Å². The smallest absolute Gasteiger partial charge is 0.343 e. The molecule has 0 aromatic heterocycles. The maximum absolute atomic E-state index is 12.3. The van der Waals surface area contributed by atoms with E-state index in [1.807, 2.05) is 0 Å². The molecular weight excluding hydrogens is 372 g/mol. The molecule has 0 aliphatic carbocycles. The van der Waals surface area contributed by atoms with Crippen LogP contribution in [0.3, 0.4) is 0 Å². The van der Waals surface area contributed by atoms with Crippen LogP contribution >= 0.6 is 12.2 Å². The Morgan fingerprint density at radius 1 is 1.26 bits per heavy atom. The number of rotatable bonds is 6. The number of hydrazone groups is 1. The van der Waals surface area contributed by atoms with Crippen LogP contribution in [0.25, 0.3) is 0 Å². The molecule has 0 heterocycles. The fourth-order valence-corrected chi connectivity index (χ4v) is 2.03. The highest BCUT2D eigenvalue weighted by atomic mass is 32.1. The Hall–Kier alpha value is -3.53. The van der Waals surface area contributed by atoms with Crippen molar-refractivity contribution in [1.82, 2.24) is 10.7 Å². The number of benzene rings is 2. The van der Waals surface area contributed by atoms with Crippen LogP contribution in [0.5, 0.6) is 11.5 Å². The molecule has 0 saturated carbocycles. The summed E-state index contributed by atoms with van der Waals surface area (Å²) in [6.07, 6.45) is 1.51. The Morgan fingerprint density at radius 2 is 2.04 bits per heavy atom. The van der Waals surface area contributed by atoms with Crippen LogP contribution in [0, 0.1) is 10.1 Å². The topological polar surface area (TPSA) is 115 Å². The summed E-state index contributed by atoms with van der Waals surface area (Å²) in [7, 11) is 3.09. The van der Waals surface area contributed by atoms with Gasteiger partial charge in [-0.3, -0.25) is 15.5 Å². The Labute approximate surface area is 160 Å². The third-order valence-corrected chi connectivity index (χ3v) is 3.59. The van der Waals surface area contributed by atoms with Gasteiger partial charge >= 0.3 is 5.97 Å². The quantitative estimate of drug-likeness (QED) is 0.193. The van der Waals surface area contributed by atoms with Gasteiger partial charge in [-0.2, -0.15) is 5.10 Å². The van der Waals surface area contributed by atoms with Crippen molar-refractivity contribution in [3.8, 4) is 11.5 Å². The van der Waals surface area contributed by atoms with Gasteiger partial charge in [0.25, 0.3) is 5.69 Å². The van der Waals surface area contributed by atoms with Gasteiger partial charge in [0, 0.05) is 19.2 Å². The molecule has 140 valence electrons. The maximum atomic E-state index is 12.3. The molecule has 27 heavy (non-hydrogen) atoms. The van der Waals surface area contributed by atoms with Crippen molar-refractivity contribution in [3.05, 3.63) is 63.7 Å². The zero-order chi connectivity index (χ0) is 19.8. The summed E-state index contributed by atoms with van der Waals surface area (Å²) in [6, 6.07) is 10.1. The van der Waals surface area contributed by atoms with E-state index in [1.54, 1.807) is 19.2 Å². The third kappa shape index (κ3) is 5.47. The van der Waals surface area contributed by atoms with Crippen molar-refractivity contribution < 1.29 is 19.2 Å². The van der Waals surface area contributed by atoms with Crippen molar-refractivity contribution in [2.45, 2.75) is 0 Å². The van der Waals surface area contributed by atoms with Crippen LogP contribution in [0.1, 0.15) is 15.9 Å². The number of non-ortho nitro benzene ring substituents is 1. The van der Waals surface area contributed by atoms with Crippen molar-refractivity contribution in [3.63, 3.8) is 0 Å². The van der Waals surface area contributed by atoms with E-state index in [0.29, 0.717) is 16.4 Å². The van der Waals surface area contributed by atoms with Crippen molar-refractivity contribution in [1.29, 1.82) is 0 Å². The first-order valence-corrected chi connectivity index (χ1v) is 8.01. The molecule has 10 heteroatoms. The second kappa shape index (κ2) is 9.25. The predicted octanol–water partition coefficient (Wildman–Crippen LogP) is 2.25. The van der Waals surface area contributed by atoms with Crippen molar-refractivity contribution >= 4 is 35.2 Å². The standard InChI is InChI=1S/C17H16N4O5S/c1-18-17(27)20-19-10-11-6-7-14(15(8-11)25-2)26-16(22)12-4-3-5-13(9-12)21(23)24/h3-10H,1-2H3,(H2,18,20,27)/b19-10+. The highest BCUT2D eigenvalue weighted by molar-refractivity contribution is 7.80. The first-order chi connectivity index (χ1) is 12.9. The predicted molar refractivity (Wildman–Crippen MR) is 103 cm³/mol. The number of esters is 1. The Bertz CT molecular complexity index is 901. The summed E-state index contributed by atoms with van der Waals surface area (Å²) < 4.78 is 10.5. The van der Waals surface area contributed by atoms with E-state index < -0.39 is 10.9 Å². The van der Waals surface area contributed by atoms with Gasteiger partial charge in [0.05, 0.1) is 23.8 Å². The minimum absolute atomic E-state index is 0.0571. The van der Waals surface area contributed by atoms with E-state index in [1.165, 1.54) is 37.6 Å². The zero-order valence-electron chi connectivity index (χ0n) is 14.5. The van der Waals surface area contributed by atoms with E-state index in [2.05, 4.69) is 15.8 Å².